The van der Waals surface area contributed by atoms with Crippen molar-refractivity contribution in [2.75, 3.05) is 10.7 Å². The molecule has 2 aliphatic heterocycles. The summed E-state index contributed by atoms with van der Waals surface area (Å²) in [4.78, 5) is 28.5. The van der Waals surface area contributed by atoms with Gasteiger partial charge in [-0.15, -0.1) is 11.8 Å². The Morgan fingerprint density at radius 3 is 2.12 bits per heavy atom. The highest BCUT2D eigenvalue weighted by molar-refractivity contribution is 7.99. The highest BCUT2D eigenvalue weighted by Gasteiger charge is 2.53. The summed E-state index contributed by atoms with van der Waals surface area (Å²) in [6.45, 7) is 0. The van der Waals surface area contributed by atoms with Crippen LogP contribution in [-0.2, 0) is 4.79 Å². The molecule has 2 aromatic carbocycles. The Morgan fingerprint density at radius 1 is 0.917 bits per heavy atom. The molecule has 2 aliphatic rings. The number of urea groups is 1. The number of imide groups is 1. The highest BCUT2D eigenvalue weighted by Crippen LogP contribution is 2.46. The average molecular weight is 379 g/mol. The van der Waals surface area contributed by atoms with E-state index in [2.05, 4.69) is 0 Å². The van der Waals surface area contributed by atoms with Crippen molar-refractivity contribution >= 4 is 52.6 Å². The van der Waals surface area contributed by atoms with Crippen LogP contribution in [0.1, 0.15) is 10.9 Å². The fraction of sp³-hybridized carbons (Fsp3) is 0.176. The summed E-state index contributed by atoms with van der Waals surface area (Å²) in [6.07, 6.45) is 0. The normalized spacial score (nSPS) is 23.1. The fourth-order valence-corrected chi connectivity index (χ4v) is 4.67. The lowest BCUT2D eigenvalue weighted by molar-refractivity contribution is -0.119. The second kappa shape index (κ2) is 5.99. The number of amides is 3. The van der Waals surface area contributed by atoms with Gasteiger partial charge in [0.05, 0.1) is 5.69 Å². The number of benzene rings is 2. The maximum absolute atomic E-state index is 12.9. The molecule has 2 atom stereocenters. The summed E-state index contributed by atoms with van der Waals surface area (Å²) in [6, 6.07) is 13.4. The predicted molar refractivity (Wildman–Crippen MR) is 96.6 cm³/mol. The summed E-state index contributed by atoms with van der Waals surface area (Å²) in [5, 5.41) is 1.03. The molecule has 4 nitrogen and oxygen atoms in total. The summed E-state index contributed by atoms with van der Waals surface area (Å²) in [5.41, 5.74) is 1.51. The van der Waals surface area contributed by atoms with Crippen LogP contribution in [-0.4, -0.2) is 28.6 Å². The summed E-state index contributed by atoms with van der Waals surface area (Å²) in [7, 11) is 0. The standard InChI is InChI=1S/C17H12Cl2N2O2S/c18-11-3-1-10(2-4-11)16-21-14(9-24-16)15(22)20(17(21)23)13-7-5-12(19)6-8-13/h1-8,14,16H,9H2/t14-,16?/m0/s1. The molecule has 0 aromatic heterocycles. The molecule has 3 amide bonds. The number of hydrogen-bond donors (Lipinski definition) is 0. The largest absolute Gasteiger partial charge is 0.333 e. The molecule has 2 aromatic rings. The highest BCUT2D eigenvalue weighted by atomic mass is 35.5. The zero-order chi connectivity index (χ0) is 16.8. The number of fused-ring (bicyclic) bond motifs is 1. The van der Waals surface area contributed by atoms with Gasteiger partial charge in [-0.3, -0.25) is 9.69 Å². The Labute approximate surface area is 153 Å². The van der Waals surface area contributed by atoms with Crippen molar-refractivity contribution in [1.29, 1.82) is 0 Å². The lowest BCUT2D eigenvalue weighted by Crippen LogP contribution is -2.33. The number of rotatable bonds is 2. The van der Waals surface area contributed by atoms with E-state index in [1.165, 1.54) is 4.90 Å². The Kier molecular flexibility index (Phi) is 3.95. The molecule has 0 saturated carbocycles. The molecule has 0 aliphatic carbocycles. The zero-order valence-corrected chi connectivity index (χ0v) is 14.7. The lowest BCUT2D eigenvalue weighted by atomic mass is 10.2. The Bertz CT molecular complexity index is 810. The minimum atomic E-state index is -0.432. The Balaban J connectivity index is 1.67. The number of carbonyl (C=O) groups excluding carboxylic acids is 2. The third kappa shape index (κ3) is 2.48. The van der Waals surface area contributed by atoms with Gasteiger partial charge in [-0.25, -0.2) is 9.69 Å². The second-order valence-electron chi connectivity index (χ2n) is 5.59. The molecule has 7 heteroatoms. The van der Waals surface area contributed by atoms with E-state index in [0.717, 1.165) is 5.56 Å². The molecule has 2 heterocycles. The van der Waals surface area contributed by atoms with E-state index < -0.39 is 6.04 Å². The van der Waals surface area contributed by atoms with Gasteiger partial charge in [-0.1, -0.05) is 35.3 Å². The molecule has 0 spiro atoms. The van der Waals surface area contributed by atoms with Crippen LogP contribution < -0.4 is 4.90 Å². The topological polar surface area (TPSA) is 40.6 Å². The molecule has 2 fully saturated rings. The summed E-state index contributed by atoms with van der Waals surface area (Å²) in [5.74, 6) is 0.397. The Morgan fingerprint density at radius 2 is 1.50 bits per heavy atom. The smallest absolute Gasteiger partial charge is 0.295 e. The van der Waals surface area contributed by atoms with Crippen molar-refractivity contribution < 1.29 is 9.59 Å². The quantitative estimate of drug-likeness (QED) is 0.718. The van der Waals surface area contributed by atoms with E-state index in [1.807, 2.05) is 12.1 Å². The maximum atomic E-state index is 12.9. The van der Waals surface area contributed by atoms with E-state index in [9.17, 15) is 9.59 Å². The van der Waals surface area contributed by atoms with Crippen LogP contribution in [0.3, 0.4) is 0 Å². The third-order valence-electron chi connectivity index (χ3n) is 4.16. The SMILES string of the molecule is O=C1[C@@H]2CSC(c3ccc(Cl)cc3)N2C(=O)N1c1ccc(Cl)cc1. The summed E-state index contributed by atoms with van der Waals surface area (Å²) < 4.78 is 0. The molecule has 2 saturated heterocycles. The van der Waals surface area contributed by atoms with Gasteiger partial charge >= 0.3 is 6.03 Å². The number of nitrogens with zero attached hydrogens (tertiary/aromatic N) is 2. The molecule has 0 N–H and O–H groups in total. The number of thioether (sulfide) groups is 1. The van der Waals surface area contributed by atoms with Gasteiger partial charge in [0, 0.05) is 15.8 Å². The molecular weight excluding hydrogens is 367 g/mol. The van der Waals surface area contributed by atoms with Crippen LogP contribution in [0.15, 0.2) is 48.5 Å². The van der Waals surface area contributed by atoms with Gasteiger partial charge in [0.15, 0.2) is 0 Å². The van der Waals surface area contributed by atoms with E-state index in [1.54, 1.807) is 53.1 Å². The van der Waals surface area contributed by atoms with E-state index >= 15 is 0 Å². The van der Waals surface area contributed by atoms with Gasteiger partial charge in [0.25, 0.3) is 5.91 Å². The fourth-order valence-electron chi connectivity index (χ4n) is 3.00. The number of hydrogen-bond acceptors (Lipinski definition) is 3. The molecule has 0 radical (unpaired) electrons. The minimum absolute atomic E-state index is 0.180. The first kappa shape index (κ1) is 15.8. The van der Waals surface area contributed by atoms with E-state index in [-0.39, 0.29) is 17.3 Å². The molecule has 4 rings (SSSR count). The van der Waals surface area contributed by atoms with Crippen molar-refractivity contribution in [2.24, 2.45) is 0 Å². The second-order valence-corrected chi connectivity index (χ2v) is 7.58. The number of halogens is 2. The van der Waals surface area contributed by atoms with E-state index in [0.29, 0.717) is 21.5 Å². The summed E-state index contributed by atoms with van der Waals surface area (Å²) >= 11 is 13.4. The lowest BCUT2D eigenvalue weighted by Gasteiger charge is -2.23. The molecule has 0 bridgehead atoms. The monoisotopic (exact) mass is 378 g/mol. The Hall–Kier alpha value is -1.69. The van der Waals surface area contributed by atoms with Crippen molar-refractivity contribution in [1.82, 2.24) is 4.90 Å². The van der Waals surface area contributed by atoms with Crippen LogP contribution in [0.4, 0.5) is 10.5 Å². The first-order chi connectivity index (χ1) is 11.6. The predicted octanol–water partition coefficient (Wildman–Crippen LogP) is 4.58. The van der Waals surface area contributed by atoms with Crippen LogP contribution >= 0.6 is 35.0 Å². The van der Waals surface area contributed by atoms with Crippen molar-refractivity contribution in [3.8, 4) is 0 Å². The van der Waals surface area contributed by atoms with Gasteiger partial charge in [0.1, 0.15) is 11.4 Å². The molecule has 1 unspecified atom stereocenters. The first-order valence-electron chi connectivity index (χ1n) is 7.35. The molecular formula is C17H12Cl2N2O2S. The average Bonchev–Trinajstić information content (AvgIpc) is 3.11. The van der Waals surface area contributed by atoms with Crippen LogP contribution in [0.25, 0.3) is 0 Å². The van der Waals surface area contributed by atoms with E-state index in [4.69, 9.17) is 23.2 Å². The minimum Gasteiger partial charge on any atom is -0.295 e. The van der Waals surface area contributed by atoms with Gasteiger partial charge in [-0.2, -0.15) is 0 Å². The van der Waals surface area contributed by atoms with Gasteiger partial charge in [0.2, 0.25) is 0 Å². The van der Waals surface area contributed by atoms with Crippen molar-refractivity contribution in [2.45, 2.75) is 11.4 Å². The zero-order valence-electron chi connectivity index (χ0n) is 12.4. The maximum Gasteiger partial charge on any atom is 0.333 e. The third-order valence-corrected chi connectivity index (χ3v) is 5.99. The molecule has 24 heavy (non-hydrogen) atoms. The first-order valence-corrected chi connectivity index (χ1v) is 9.15. The number of anilines is 1. The number of carbonyl (C=O) groups is 2. The van der Waals surface area contributed by atoms with Crippen LogP contribution in [0.2, 0.25) is 10.0 Å². The van der Waals surface area contributed by atoms with Gasteiger partial charge in [-0.05, 0) is 42.0 Å². The van der Waals surface area contributed by atoms with Crippen LogP contribution in [0, 0.1) is 0 Å². The van der Waals surface area contributed by atoms with Crippen molar-refractivity contribution in [3.63, 3.8) is 0 Å². The molecule has 122 valence electrons. The van der Waals surface area contributed by atoms with Crippen LogP contribution in [0.5, 0.6) is 0 Å². The van der Waals surface area contributed by atoms with Crippen molar-refractivity contribution in [3.05, 3.63) is 64.1 Å². The van der Waals surface area contributed by atoms with Gasteiger partial charge < -0.3 is 0 Å².